The standard InChI is InChI=1S/C13H13BrN2O2S/c14-12-8-13(10-15-9-12)19(17,18)16-7-6-11-4-2-1-3-5-11/h1-5,8-10,16H,6-7H2. The summed E-state index contributed by atoms with van der Waals surface area (Å²) >= 11 is 3.20. The maximum atomic E-state index is 12.0. The van der Waals surface area contributed by atoms with Crippen LogP contribution in [0.5, 0.6) is 0 Å². The minimum absolute atomic E-state index is 0.162. The molecule has 0 saturated heterocycles. The normalized spacial score (nSPS) is 11.4. The van der Waals surface area contributed by atoms with Gasteiger partial charge in [0.15, 0.2) is 0 Å². The molecule has 19 heavy (non-hydrogen) atoms. The van der Waals surface area contributed by atoms with Gasteiger partial charge in [0, 0.05) is 23.4 Å². The first-order valence-corrected chi connectivity index (χ1v) is 8.00. The van der Waals surface area contributed by atoms with E-state index < -0.39 is 10.0 Å². The summed E-state index contributed by atoms with van der Waals surface area (Å²) < 4.78 is 27.2. The highest BCUT2D eigenvalue weighted by molar-refractivity contribution is 9.10. The van der Waals surface area contributed by atoms with E-state index in [9.17, 15) is 8.42 Å². The van der Waals surface area contributed by atoms with E-state index in [4.69, 9.17) is 0 Å². The summed E-state index contributed by atoms with van der Waals surface area (Å²) in [6.45, 7) is 0.360. The lowest BCUT2D eigenvalue weighted by molar-refractivity contribution is 0.581. The Morgan fingerprint density at radius 2 is 1.89 bits per heavy atom. The zero-order valence-corrected chi connectivity index (χ0v) is 12.5. The molecule has 0 aliphatic rings. The average Bonchev–Trinajstić information content (AvgIpc) is 2.40. The van der Waals surface area contributed by atoms with Gasteiger partial charge >= 0.3 is 0 Å². The highest BCUT2D eigenvalue weighted by atomic mass is 79.9. The summed E-state index contributed by atoms with van der Waals surface area (Å²) in [5.41, 5.74) is 1.09. The van der Waals surface area contributed by atoms with Gasteiger partial charge in [-0.3, -0.25) is 4.98 Å². The molecule has 1 aromatic heterocycles. The van der Waals surface area contributed by atoms with Gasteiger partial charge in [-0.2, -0.15) is 0 Å². The third-order valence-corrected chi connectivity index (χ3v) is 4.40. The number of hydrogen-bond donors (Lipinski definition) is 1. The van der Waals surface area contributed by atoms with Crippen LogP contribution in [0.1, 0.15) is 5.56 Å². The van der Waals surface area contributed by atoms with Gasteiger partial charge in [-0.15, -0.1) is 0 Å². The highest BCUT2D eigenvalue weighted by Gasteiger charge is 2.13. The molecular weight excluding hydrogens is 328 g/mol. The Balaban J connectivity index is 1.99. The van der Waals surface area contributed by atoms with Gasteiger partial charge in [0.1, 0.15) is 4.90 Å². The van der Waals surface area contributed by atoms with Crippen LogP contribution in [0.4, 0.5) is 0 Å². The van der Waals surface area contributed by atoms with E-state index in [-0.39, 0.29) is 4.90 Å². The summed E-state index contributed by atoms with van der Waals surface area (Å²) in [6, 6.07) is 11.3. The van der Waals surface area contributed by atoms with Crippen molar-refractivity contribution in [2.75, 3.05) is 6.54 Å². The molecule has 0 saturated carbocycles. The van der Waals surface area contributed by atoms with Crippen molar-refractivity contribution < 1.29 is 8.42 Å². The van der Waals surface area contributed by atoms with Crippen LogP contribution in [0.3, 0.4) is 0 Å². The summed E-state index contributed by atoms with van der Waals surface area (Å²) in [6.07, 6.45) is 3.53. The van der Waals surface area contributed by atoms with Crippen molar-refractivity contribution in [2.24, 2.45) is 0 Å². The van der Waals surface area contributed by atoms with E-state index in [1.54, 1.807) is 6.20 Å². The third-order valence-electron chi connectivity index (χ3n) is 2.54. The molecule has 0 aliphatic heterocycles. The van der Waals surface area contributed by atoms with Crippen molar-refractivity contribution in [3.8, 4) is 0 Å². The fourth-order valence-corrected chi connectivity index (χ4v) is 3.13. The average molecular weight is 341 g/mol. The van der Waals surface area contributed by atoms with Gasteiger partial charge in [0.05, 0.1) is 0 Å². The molecule has 0 aliphatic carbocycles. The minimum Gasteiger partial charge on any atom is -0.262 e. The molecule has 4 nitrogen and oxygen atoms in total. The van der Waals surface area contributed by atoms with Crippen LogP contribution < -0.4 is 4.72 Å². The van der Waals surface area contributed by atoms with Gasteiger partial charge in [-0.25, -0.2) is 13.1 Å². The zero-order chi connectivity index (χ0) is 13.7. The molecule has 0 fully saturated rings. The fraction of sp³-hybridized carbons (Fsp3) is 0.154. The van der Waals surface area contributed by atoms with Crippen molar-refractivity contribution in [3.05, 3.63) is 58.8 Å². The molecule has 0 bridgehead atoms. The number of benzene rings is 1. The van der Waals surface area contributed by atoms with Gasteiger partial charge in [0.2, 0.25) is 10.0 Å². The van der Waals surface area contributed by atoms with Crippen LogP contribution in [0, 0.1) is 0 Å². The number of aromatic nitrogens is 1. The second kappa shape index (κ2) is 6.27. The van der Waals surface area contributed by atoms with E-state index in [2.05, 4.69) is 25.6 Å². The number of nitrogens with one attached hydrogen (secondary N) is 1. The van der Waals surface area contributed by atoms with Crippen LogP contribution in [0.25, 0.3) is 0 Å². The number of nitrogens with zero attached hydrogens (tertiary/aromatic N) is 1. The first-order valence-electron chi connectivity index (χ1n) is 5.72. The van der Waals surface area contributed by atoms with E-state index in [0.29, 0.717) is 17.4 Å². The second-order valence-electron chi connectivity index (χ2n) is 3.97. The minimum atomic E-state index is -3.50. The van der Waals surface area contributed by atoms with Crippen LogP contribution in [-0.2, 0) is 16.4 Å². The number of rotatable bonds is 5. The van der Waals surface area contributed by atoms with Crippen molar-refractivity contribution >= 4 is 26.0 Å². The first kappa shape index (κ1) is 14.2. The second-order valence-corrected chi connectivity index (χ2v) is 6.65. The third kappa shape index (κ3) is 4.12. The summed E-state index contributed by atoms with van der Waals surface area (Å²) in [5, 5.41) is 0. The Bertz CT molecular complexity index is 645. The lowest BCUT2D eigenvalue weighted by Gasteiger charge is -2.06. The first-order chi connectivity index (χ1) is 9.08. The molecule has 6 heteroatoms. The van der Waals surface area contributed by atoms with Gasteiger partial charge in [-0.1, -0.05) is 30.3 Å². The molecule has 0 amide bonds. The number of pyridine rings is 1. The molecule has 100 valence electrons. The van der Waals surface area contributed by atoms with E-state index in [1.807, 2.05) is 30.3 Å². The van der Waals surface area contributed by atoms with E-state index in [0.717, 1.165) is 5.56 Å². The largest absolute Gasteiger partial charge is 0.262 e. The molecule has 2 rings (SSSR count). The summed E-state index contributed by atoms with van der Waals surface area (Å²) in [4.78, 5) is 4.01. The van der Waals surface area contributed by atoms with E-state index in [1.165, 1.54) is 12.3 Å². The predicted octanol–water partition coefficient (Wildman–Crippen LogP) is 2.37. The molecule has 0 radical (unpaired) electrons. The molecule has 1 heterocycles. The predicted molar refractivity (Wildman–Crippen MR) is 77.3 cm³/mol. The van der Waals surface area contributed by atoms with Gasteiger partial charge < -0.3 is 0 Å². The molecule has 0 atom stereocenters. The molecule has 2 aromatic rings. The Morgan fingerprint density at radius 3 is 2.58 bits per heavy atom. The Morgan fingerprint density at radius 1 is 1.16 bits per heavy atom. The number of halogens is 1. The van der Waals surface area contributed by atoms with E-state index >= 15 is 0 Å². The summed E-state index contributed by atoms with van der Waals surface area (Å²) in [5.74, 6) is 0. The smallest absolute Gasteiger partial charge is 0.242 e. The van der Waals surface area contributed by atoms with Crippen molar-refractivity contribution in [3.63, 3.8) is 0 Å². The Labute approximate surface area is 121 Å². The van der Waals surface area contributed by atoms with Crippen molar-refractivity contribution in [1.82, 2.24) is 9.71 Å². The quantitative estimate of drug-likeness (QED) is 0.908. The fourth-order valence-electron chi connectivity index (χ4n) is 1.60. The zero-order valence-electron chi connectivity index (χ0n) is 10.1. The van der Waals surface area contributed by atoms with Crippen LogP contribution >= 0.6 is 15.9 Å². The highest BCUT2D eigenvalue weighted by Crippen LogP contribution is 2.13. The SMILES string of the molecule is O=S(=O)(NCCc1ccccc1)c1cncc(Br)c1. The molecule has 0 unspecified atom stereocenters. The van der Waals surface area contributed by atoms with Gasteiger partial charge in [-0.05, 0) is 34.0 Å². The molecule has 0 spiro atoms. The number of sulfonamides is 1. The Kier molecular flexibility index (Phi) is 4.68. The van der Waals surface area contributed by atoms with Crippen molar-refractivity contribution in [1.29, 1.82) is 0 Å². The van der Waals surface area contributed by atoms with Crippen molar-refractivity contribution in [2.45, 2.75) is 11.3 Å². The van der Waals surface area contributed by atoms with Crippen LogP contribution in [0.2, 0.25) is 0 Å². The summed E-state index contributed by atoms with van der Waals surface area (Å²) in [7, 11) is -3.50. The van der Waals surface area contributed by atoms with Gasteiger partial charge in [0.25, 0.3) is 0 Å². The monoisotopic (exact) mass is 340 g/mol. The molecule has 1 N–H and O–H groups in total. The molecular formula is C13H13BrN2O2S. The van der Waals surface area contributed by atoms with Crippen LogP contribution in [0.15, 0.2) is 58.2 Å². The number of hydrogen-bond acceptors (Lipinski definition) is 3. The topological polar surface area (TPSA) is 59.1 Å². The Hall–Kier alpha value is -1.24. The lowest BCUT2D eigenvalue weighted by Crippen LogP contribution is -2.26. The maximum absolute atomic E-state index is 12.0. The van der Waals surface area contributed by atoms with Crippen LogP contribution in [-0.4, -0.2) is 19.9 Å². The lowest BCUT2D eigenvalue weighted by atomic mass is 10.2. The maximum Gasteiger partial charge on any atom is 0.242 e. The molecule has 1 aromatic carbocycles.